The summed E-state index contributed by atoms with van der Waals surface area (Å²) >= 11 is 7.44. The van der Waals surface area contributed by atoms with Gasteiger partial charge < -0.3 is 13.9 Å². The highest BCUT2D eigenvalue weighted by Crippen LogP contribution is 2.37. The number of hydrogen-bond donors (Lipinski definition) is 0. The number of nitro groups is 1. The second-order valence-electron chi connectivity index (χ2n) is 8.92. The number of halogens is 1. The van der Waals surface area contributed by atoms with Crippen LogP contribution < -0.4 is 19.6 Å². The number of carbonyl (C=O) groups excluding carboxylic acids is 1. The molecule has 12 heteroatoms. The maximum atomic E-state index is 13.8. The van der Waals surface area contributed by atoms with E-state index in [0.717, 1.165) is 16.9 Å². The zero-order chi connectivity index (χ0) is 28.7. The number of benzene rings is 2. The van der Waals surface area contributed by atoms with E-state index in [1.54, 1.807) is 49.4 Å². The van der Waals surface area contributed by atoms with E-state index >= 15 is 0 Å². The molecule has 2 aromatic heterocycles. The van der Waals surface area contributed by atoms with Crippen LogP contribution in [0.15, 0.2) is 74.0 Å². The highest BCUT2D eigenvalue weighted by atomic mass is 35.5. The van der Waals surface area contributed by atoms with Gasteiger partial charge in [0, 0.05) is 34.4 Å². The van der Waals surface area contributed by atoms with Crippen molar-refractivity contribution in [2.75, 3.05) is 14.2 Å². The largest absolute Gasteiger partial charge is 0.496 e. The van der Waals surface area contributed by atoms with Crippen molar-refractivity contribution in [1.82, 2.24) is 4.57 Å². The molecule has 0 saturated heterocycles. The standard InChI is InChI=1S/C28H22ClN3O7S/c1-14-5-7-17(32(35)36)12-19(14)22-10-8-18(39-22)13-23-26(33)31-25(20-11-16(29)6-9-21(20)37-3)24(27(34)38-4)15(2)30-28(31)40-23/h5-13,25H,1-4H3/b23-13-/t25-/m1/s1. The minimum atomic E-state index is -0.904. The third-order valence-corrected chi connectivity index (χ3v) is 7.73. The fraction of sp³-hybridized carbons (Fsp3) is 0.179. The van der Waals surface area contributed by atoms with Crippen molar-refractivity contribution < 1.29 is 23.6 Å². The monoisotopic (exact) mass is 579 g/mol. The zero-order valence-corrected chi connectivity index (χ0v) is 23.3. The summed E-state index contributed by atoms with van der Waals surface area (Å²) in [5, 5.41) is 11.6. The lowest BCUT2D eigenvalue weighted by atomic mass is 9.95. The number of non-ortho nitro benzene ring substituents is 1. The smallest absolute Gasteiger partial charge is 0.338 e. The highest BCUT2D eigenvalue weighted by Gasteiger charge is 2.35. The lowest BCUT2D eigenvalue weighted by Crippen LogP contribution is -2.40. The number of methoxy groups -OCH3 is 2. The number of rotatable bonds is 6. The van der Waals surface area contributed by atoms with Gasteiger partial charge >= 0.3 is 5.97 Å². The first-order valence-electron chi connectivity index (χ1n) is 11.9. The lowest BCUT2D eigenvalue weighted by molar-refractivity contribution is -0.384. The van der Waals surface area contributed by atoms with E-state index in [1.807, 2.05) is 6.92 Å². The first kappa shape index (κ1) is 27.1. The number of ether oxygens (including phenoxy) is 2. The Kier molecular flexibility index (Phi) is 7.17. The van der Waals surface area contributed by atoms with Crippen molar-refractivity contribution in [3.8, 4) is 17.1 Å². The number of thiazole rings is 1. The van der Waals surface area contributed by atoms with Crippen molar-refractivity contribution in [3.05, 3.63) is 112 Å². The third kappa shape index (κ3) is 4.74. The number of furan rings is 1. The normalized spacial score (nSPS) is 15.0. The molecule has 2 aromatic carbocycles. The van der Waals surface area contributed by atoms with Gasteiger partial charge in [0.1, 0.15) is 23.3 Å². The summed E-state index contributed by atoms with van der Waals surface area (Å²) in [5.41, 5.74) is 1.98. The van der Waals surface area contributed by atoms with Crippen LogP contribution in [0.4, 0.5) is 5.69 Å². The number of nitro benzene ring substituents is 1. The van der Waals surface area contributed by atoms with E-state index in [-0.39, 0.29) is 11.3 Å². The van der Waals surface area contributed by atoms with Gasteiger partial charge in [-0.15, -0.1) is 0 Å². The first-order valence-corrected chi connectivity index (χ1v) is 13.1. The summed E-state index contributed by atoms with van der Waals surface area (Å²) < 4.78 is 18.3. The van der Waals surface area contributed by atoms with Gasteiger partial charge in [0.05, 0.1) is 34.9 Å². The minimum absolute atomic E-state index is 0.0555. The molecule has 0 aliphatic carbocycles. The van der Waals surface area contributed by atoms with Gasteiger partial charge in [0.25, 0.3) is 11.2 Å². The maximum absolute atomic E-state index is 13.8. The molecule has 40 heavy (non-hydrogen) atoms. The van der Waals surface area contributed by atoms with Crippen molar-refractivity contribution >= 4 is 40.7 Å². The van der Waals surface area contributed by atoms with Crippen molar-refractivity contribution in [3.63, 3.8) is 0 Å². The van der Waals surface area contributed by atoms with Gasteiger partial charge in [-0.1, -0.05) is 29.0 Å². The van der Waals surface area contributed by atoms with Crippen molar-refractivity contribution in [1.29, 1.82) is 0 Å². The molecule has 10 nitrogen and oxygen atoms in total. The van der Waals surface area contributed by atoms with Gasteiger partial charge in [-0.05, 0) is 49.7 Å². The molecule has 4 aromatic rings. The summed E-state index contributed by atoms with van der Waals surface area (Å²) in [6.45, 7) is 3.50. The van der Waals surface area contributed by atoms with E-state index in [0.29, 0.717) is 48.5 Å². The molecule has 5 rings (SSSR count). The van der Waals surface area contributed by atoms with Crippen LogP contribution >= 0.6 is 22.9 Å². The fourth-order valence-electron chi connectivity index (χ4n) is 4.60. The Balaban J connectivity index is 1.67. The number of nitrogens with zero attached hydrogens (tertiary/aromatic N) is 3. The first-order chi connectivity index (χ1) is 19.1. The predicted octanol–water partition coefficient (Wildman–Crippen LogP) is 4.55. The molecular weight excluding hydrogens is 558 g/mol. The summed E-state index contributed by atoms with van der Waals surface area (Å²) in [4.78, 5) is 42.4. The number of carbonyl (C=O) groups is 1. The highest BCUT2D eigenvalue weighted by molar-refractivity contribution is 7.07. The lowest BCUT2D eigenvalue weighted by Gasteiger charge is -2.25. The number of allylic oxidation sites excluding steroid dienone is 1. The van der Waals surface area contributed by atoms with Gasteiger partial charge in [0.15, 0.2) is 4.80 Å². The number of hydrogen-bond acceptors (Lipinski definition) is 9. The Labute approximate surface area is 236 Å². The maximum Gasteiger partial charge on any atom is 0.338 e. The summed E-state index contributed by atoms with van der Waals surface area (Å²) in [5.74, 6) is 0.589. The molecule has 0 fully saturated rings. The Hall–Kier alpha value is -4.48. The second kappa shape index (κ2) is 10.6. The Bertz CT molecular complexity index is 1900. The van der Waals surface area contributed by atoms with Gasteiger partial charge in [-0.3, -0.25) is 19.5 Å². The summed E-state index contributed by atoms with van der Waals surface area (Å²) in [7, 11) is 2.75. The molecule has 0 bridgehead atoms. The zero-order valence-electron chi connectivity index (χ0n) is 21.8. The second-order valence-corrected chi connectivity index (χ2v) is 10.4. The average molecular weight is 580 g/mol. The molecule has 0 unspecified atom stereocenters. The Morgan fingerprint density at radius 3 is 2.65 bits per heavy atom. The van der Waals surface area contributed by atoms with Crippen molar-refractivity contribution in [2.45, 2.75) is 19.9 Å². The van der Waals surface area contributed by atoms with Crippen LogP contribution in [0.25, 0.3) is 17.4 Å². The minimum Gasteiger partial charge on any atom is -0.496 e. The molecule has 1 aliphatic heterocycles. The van der Waals surface area contributed by atoms with Crippen LogP contribution in [0.5, 0.6) is 5.75 Å². The number of esters is 1. The topological polar surface area (TPSA) is 126 Å². The molecule has 204 valence electrons. The van der Waals surface area contributed by atoms with E-state index in [1.165, 1.54) is 30.9 Å². The van der Waals surface area contributed by atoms with Crippen LogP contribution in [0.3, 0.4) is 0 Å². The number of aryl methyl sites for hydroxylation is 1. The van der Waals surface area contributed by atoms with Gasteiger partial charge in [-0.2, -0.15) is 0 Å². The predicted molar refractivity (Wildman–Crippen MR) is 149 cm³/mol. The van der Waals surface area contributed by atoms with Crippen LogP contribution in [-0.4, -0.2) is 29.7 Å². The quantitative estimate of drug-likeness (QED) is 0.186. The summed E-state index contributed by atoms with van der Waals surface area (Å²) in [6, 6.07) is 11.9. The molecule has 1 atom stereocenters. The fourth-order valence-corrected chi connectivity index (χ4v) is 5.81. The molecular formula is C28H22ClN3O7S. The molecule has 0 amide bonds. The molecule has 0 radical (unpaired) electrons. The molecule has 0 spiro atoms. The molecule has 0 N–H and O–H groups in total. The molecule has 1 aliphatic rings. The summed E-state index contributed by atoms with van der Waals surface area (Å²) in [6.07, 6.45) is 1.57. The van der Waals surface area contributed by atoms with Crippen molar-refractivity contribution in [2.24, 2.45) is 4.99 Å². The number of fused-ring (bicyclic) bond motifs is 1. The van der Waals surface area contributed by atoms with E-state index in [4.69, 9.17) is 25.5 Å². The van der Waals surface area contributed by atoms with Crippen LogP contribution in [0.2, 0.25) is 5.02 Å². The third-order valence-electron chi connectivity index (χ3n) is 6.51. The molecule has 3 heterocycles. The Morgan fingerprint density at radius 2 is 1.95 bits per heavy atom. The van der Waals surface area contributed by atoms with Gasteiger partial charge in [-0.25, -0.2) is 9.79 Å². The van der Waals surface area contributed by atoms with Crippen LogP contribution in [0.1, 0.15) is 29.9 Å². The SMILES string of the molecule is COC(=O)C1=C(C)N=c2s/c(=C\c3ccc(-c4cc([N+](=O)[O-])ccc4C)o3)c(=O)n2[C@@H]1c1cc(Cl)ccc1OC. The van der Waals surface area contributed by atoms with Gasteiger partial charge in [0.2, 0.25) is 0 Å². The van der Waals surface area contributed by atoms with E-state index in [2.05, 4.69) is 4.99 Å². The van der Waals surface area contributed by atoms with E-state index in [9.17, 15) is 19.7 Å². The van der Waals surface area contributed by atoms with Crippen LogP contribution in [0, 0.1) is 17.0 Å². The van der Waals surface area contributed by atoms with E-state index < -0.39 is 22.5 Å². The average Bonchev–Trinajstić information content (AvgIpc) is 3.51. The van der Waals surface area contributed by atoms with Crippen LogP contribution in [-0.2, 0) is 9.53 Å². The Morgan fingerprint density at radius 1 is 1.18 bits per heavy atom. The molecule has 0 saturated carbocycles. The number of aromatic nitrogens is 1.